The molecule has 1 saturated heterocycles. The van der Waals surface area contributed by atoms with Crippen LogP contribution >= 0.6 is 0 Å². The Bertz CT molecular complexity index is 495. The fourth-order valence-electron chi connectivity index (χ4n) is 2.75. The van der Waals surface area contributed by atoms with E-state index < -0.39 is 0 Å². The van der Waals surface area contributed by atoms with Crippen LogP contribution in [0.3, 0.4) is 0 Å². The van der Waals surface area contributed by atoms with E-state index in [4.69, 9.17) is 0 Å². The van der Waals surface area contributed by atoms with Crippen molar-refractivity contribution in [2.45, 2.75) is 13.0 Å². The van der Waals surface area contributed by atoms with Crippen LogP contribution in [0.4, 0.5) is 0 Å². The molecule has 5 nitrogen and oxygen atoms in total. The first kappa shape index (κ1) is 13.5. The van der Waals surface area contributed by atoms with Crippen LogP contribution in [0.15, 0.2) is 18.2 Å². The minimum absolute atomic E-state index is 0.00271. The maximum absolute atomic E-state index is 12.3. The van der Waals surface area contributed by atoms with Gasteiger partial charge in [0.05, 0.1) is 0 Å². The van der Waals surface area contributed by atoms with Gasteiger partial charge in [0.2, 0.25) is 0 Å². The van der Waals surface area contributed by atoms with Gasteiger partial charge in [0.15, 0.2) is 0 Å². The molecule has 1 aromatic carbocycles. The Hall–Kier alpha value is -1.43. The molecule has 108 valence electrons. The first-order valence-corrected chi connectivity index (χ1v) is 7.29. The number of fused-ring (bicyclic) bond motifs is 1. The SMILES string of the molecule is CN1CCN(NC(=O)c2ccc3c(c2)CNCC3)CC1. The Morgan fingerprint density at radius 1 is 1.20 bits per heavy atom. The highest BCUT2D eigenvalue weighted by atomic mass is 16.2. The van der Waals surface area contributed by atoms with Gasteiger partial charge in [-0.3, -0.25) is 10.2 Å². The van der Waals surface area contributed by atoms with Crippen molar-refractivity contribution in [1.29, 1.82) is 0 Å². The fraction of sp³-hybridized carbons (Fsp3) is 0.533. The van der Waals surface area contributed by atoms with Crippen molar-refractivity contribution in [3.05, 3.63) is 34.9 Å². The molecule has 0 radical (unpaired) electrons. The lowest BCUT2D eigenvalue weighted by molar-refractivity contribution is 0.0662. The first-order valence-electron chi connectivity index (χ1n) is 7.29. The minimum Gasteiger partial charge on any atom is -0.312 e. The molecule has 1 aromatic rings. The Labute approximate surface area is 119 Å². The normalized spacial score (nSPS) is 20.4. The molecule has 0 saturated carbocycles. The number of piperazine rings is 1. The van der Waals surface area contributed by atoms with E-state index in [0.29, 0.717) is 0 Å². The highest BCUT2D eigenvalue weighted by molar-refractivity contribution is 5.94. The number of hydrogen-bond donors (Lipinski definition) is 2. The first-order chi connectivity index (χ1) is 9.72. The molecule has 20 heavy (non-hydrogen) atoms. The Morgan fingerprint density at radius 2 is 2.00 bits per heavy atom. The molecule has 0 atom stereocenters. The monoisotopic (exact) mass is 274 g/mol. The average molecular weight is 274 g/mol. The third-order valence-corrected chi connectivity index (χ3v) is 4.12. The van der Waals surface area contributed by atoms with Crippen molar-refractivity contribution in [2.75, 3.05) is 39.8 Å². The van der Waals surface area contributed by atoms with Crippen molar-refractivity contribution >= 4 is 5.91 Å². The smallest absolute Gasteiger partial charge is 0.265 e. The number of rotatable bonds is 2. The molecule has 0 spiro atoms. The zero-order valence-corrected chi connectivity index (χ0v) is 12.0. The fourth-order valence-corrected chi connectivity index (χ4v) is 2.75. The van der Waals surface area contributed by atoms with Gasteiger partial charge in [-0.25, -0.2) is 5.01 Å². The van der Waals surface area contributed by atoms with Crippen molar-refractivity contribution in [1.82, 2.24) is 20.7 Å². The van der Waals surface area contributed by atoms with E-state index in [1.165, 1.54) is 11.1 Å². The number of hydrogen-bond acceptors (Lipinski definition) is 4. The highest BCUT2D eigenvalue weighted by Gasteiger charge is 2.17. The van der Waals surface area contributed by atoms with Crippen LogP contribution in [-0.4, -0.2) is 55.6 Å². The number of carbonyl (C=O) groups is 1. The molecule has 5 heteroatoms. The quantitative estimate of drug-likeness (QED) is 0.810. The van der Waals surface area contributed by atoms with Crippen LogP contribution < -0.4 is 10.7 Å². The van der Waals surface area contributed by atoms with Crippen molar-refractivity contribution in [3.8, 4) is 0 Å². The maximum Gasteiger partial charge on any atom is 0.265 e. The second-order valence-corrected chi connectivity index (χ2v) is 5.64. The molecular weight excluding hydrogens is 252 g/mol. The van der Waals surface area contributed by atoms with E-state index in [-0.39, 0.29) is 5.91 Å². The van der Waals surface area contributed by atoms with Gasteiger partial charge in [-0.2, -0.15) is 0 Å². The maximum atomic E-state index is 12.3. The summed E-state index contributed by atoms with van der Waals surface area (Å²) in [5.41, 5.74) is 6.38. The van der Waals surface area contributed by atoms with Crippen LogP contribution in [0.25, 0.3) is 0 Å². The zero-order chi connectivity index (χ0) is 13.9. The summed E-state index contributed by atoms with van der Waals surface area (Å²) in [5, 5.41) is 5.36. The summed E-state index contributed by atoms with van der Waals surface area (Å²) < 4.78 is 0. The summed E-state index contributed by atoms with van der Waals surface area (Å²) in [6, 6.07) is 6.05. The van der Waals surface area contributed by atoms with Gasteiger partial charge in [-0.05, 0) is 43.3 Å². The predicted molar refractivity (Wildman–Crippen MR) is 78.4 cm³/mol. The predicted octanol–water partition coefficient (Wildman–Crippen LogP) is 0.225. The van der Waals surface area contributed by atoms with Crippen LogP contribution in [0, 0.1) is 0 Å². The topological polar surface area (TPSA) is 47.6 Å². The third kappa shape index (κ3) is 3.00. The van der Waals surface area contributed by atoms with Crippen LogP contribution in [0.5, 0.6) is 0 Å². The van der Waals surface area contributed by atoms with Gasteiger partial charge in [0.25, 0.3) is 5.91 Å². The highest BCUT2D eigenvalue weighted by Crippen LogP contribution is 2.16. The molecule has 0 unspecified atom stereocenters. The summed E-state index contributed by atoms with van der Waals surface area (Å²) in [6.07, 6.45) is 1.05. The number of hydrazine groups is 1. The third-order valence-electron chi connectivity index (χ3n) is 4.12. The molecule has 2 aliphatic rings. The van der Waals surface area contributed by atoms with E-state index in [9.17, 15) is 4.79 Å². The van der Waals surface area contributed by atoms with Gasteiger partial charge >= 0.3 is 0 Å². The molecular formula is C15H22N4O. The van der Waals surface area contributed by atoms with Gasteiger partial charge in [-0.1, -0.05) is 6.07 Å². The van der Waals surface area contributed by atoms with Gasteiger partial charge < -0.3 is 10.2 Å². The van der Waals surface area contributed by atoms with E-state index in [1.54, 1.807) is 0 Å². The summed E-state index contributed by atoms with van der Waals surface area (Å²) in [7, 11) is 2.11. The number of carbonyl (C=O) groups excluding carboxylic acids is 1. The van der Waals surface area contributed by atoms with Crippen molar-refractivity contribution in [2.24, 2.45) is 0 Å². The number of benzene rings is 1. The molecule has 1 fully saturated rings. The van der Waals surface area contributed by atoms with Gasteiger partial charge in [0.1, 0.15) is 0 Å². The lowest BCUT2D eigenvalue weighted by Crippen LogP contribution is -2.52. The number of nitrogens with one attached hydrogen (secondary N) is 2. The van der Waals surface area contributed by atoms with E-state index in [1.807, 2.05) is 17.1 Å². The molecule has 2 N–H and O–H groups in total. The van der Waals surface area contributed by atoms with Gasteiger partial charge in [-0.15, -0.1) is 0 Å². The summed E-state index contributed by atoms with van der Waals surface area (Å²) in [4.78, 5) is 14.6. The van der Waals surface area contributed by atoms with E-state index >= 15 is 0 Å². The van der Waals surface area contributed by atoms with Crippen LogP contribution in [-0.2, 0) is 13.0 Å². The minimum atomic E-state index is 0.00271. The molecule has 3 rings (SSSR count). The van der Waals surface area contributed by atoms with E-state index in [0.717, 1.165) is 51.3 Å². The summed E-state index contributed by atoms with van der Waals surface area (Å²) >= 11 is 0. The second kappa shape index (κ2) is 5.91. The Balaban J connectivity index is 1.65. The van der Waals surface area contributed by atoms with Crippen molar-refractivity contribution in [3.63, 3.8) is 0 Å². The number of likely N-dealkylation sites (N-methyl/N-ethyl adjacent to an activating group) is 1. The average Bonchev–Trinajstić information content (AvgIpc) is 2.49. The van der Waals surface area contributed by atoms with Gasteiger partial charge in [0, 0.05) is 38.3 Å². The second-order valence-electron chi connectivity index (χ2n) is 5.64. The Morgan fingerprint density at radius 3 is 2.80 bits per heavy atom. The molecule has 0 aromatic heterocycles. The molecule has 1 amide bonds. The summed E-state index contributed by atoms with van der Waals surface area (Å²) in [5.74, 6) is 0.00271. The Kier molecular flexibility index (Phi) is 4.00. The molecule has 0 aliphatic carbocycles. The van der Waals surface area contributed by atoms with Crippen LogP contribution in [0.2, 0.25) is 0 Å². The zero-order valence-electron chi connectivity index (χ0n) is 12.0. The summed E-state index contributed by atoms with van der Waals surface area (Å²) in [6.45, 7) is 5.65. The largest absolute Gasteiger partial charge is 0.312 e. The molecule has 2 aliphatic heterocycles. The lowest BCUT2D eigenvalue weighted by Gasteiger charge is -2.32. The van der Waals surface area contributed by atoms with Crippen LogP contribution in [0.1, 0.15) is 21.5 Å². The number of nitrogens with zero attached hydrogens (tertiary/aromatic N) is 2. The molecule has 2 heterocycles. The standard InChI is InChI=1S/C15H22N4O/c1-18-6-8-19(9-7-18)17-15(20)13-3-2-12-4-5-16-11-14(12)10-13/h2-3,10,16H,4-9,11H2,1H3,(H,17,20). The number of amides is 1. The lowest BCUT2D eigenvalue weighted by atomic mass is 9.98. The molecule has 0 bridgehead atoms. The van der Waals surface area contributed by atoms with E-state index in [2.05, 4.69) is 28.8 Å². The van der Waals surface area contributed by atoms with Crippen molar-refractivity contribution < 1.29 is 4.79 Å².